The first kappa shape index (κ1) is 15.5. The van der Waals surface area contributed by atoms with Gasteiger partial charge in [-0.15, -0.1) is 22.7 Å². The lowest BCUT2D eigenvalue weighted by molar-refractivity contribution is 0.667. The van der Waals surface area contributed by atoms with Crippen LogP contribution in [0.1, 0.15) is 27.4 Å². The average molecular weight is 720 g/mol. The van der Waals surface area contributed by atoms with Crippen molar-refractivity contribution in [3.8, 4) is 28.1 Å². The molecule has 0 unspecified atom stereocenters. The summed E-state index contributed by atoms with van der Waals surface area (Å²) in [6.45, 7) is 0. The van der Waals surface area contributed by atoms with Crippen molar-refractivity contribution in [1.29, 1.82) is 0 Å². The number of para-hydroxylation sites is 1. The molecule has 0 atom stereocenters. The molecule has 0 amide bonds. The normalized spacial score (nSPS) is 17.6. The Morgan fingerprint density at radius 3 is 2.19 bits per heavy atom. The van der Waals surface area contributed by atoms with Crippen molar-refractivity contribution in [3.05, 3.63) is 151 Å². The second kappa shape index (κ2) is 10.6. The van der Waals surface area contributed by atoms with Crippen molar-refractivity contribution >= 4 is 107 Å². The minimum atomic E-state index is -0.615. The van der Waals surface area contributed by atoms with Crippen molar-refractivity contribution in [2.75, 3.05) is 0 Å². The molecule has 0 N–H and O–H groups in total. The molecule has 4 nitrogen and oxygen atoms in total. The van der Waals surface area contributed by atoms with Crippen LogP contribution in [-0.2, 0) is 0 Å². The molecule has 12 aromatic rings. The Kier molecular flexibility index (Phi) is 3.16. The third kappa shape index (κ3) is 3.90. The van der Waals surface area contributed by atoms with Gasteiger partial charge in [0.15, 0.2) is 5.58 Å². The molecule has 0 radical (unpaired) electrons. The average Bonchev–Trinajstić information content (AvgIpc) is 4.14. The first-order valence-electron chi connectivity index (χ1n) is 25.7. The predicted octanol–water partition coefficient (Wildman–Crippen LogP) is 13.5. The number of rotatable bonds is 3. The first-order valence-corrected chi connectivity index (χ1v) is 17.3. The molecular weight excluding hydrogens is 675 g/mol. The zero-order chi connectivity index (χ0) is 51.3. The highest BCUT2D eigenvalue weighted by Gasteiger charge is 2.20. The second-order valence-corrected chi connectivity index (χ2v) is 13.8. The maximum absolute atomic E-state index is 9.62. The van der Waals surface area contributed by atoms with Crippen LogP contribution in [0.5, 0.6) is 0 Å². The second-order valence-electron chi connectivity index (χ2n) is 11.8. The summed E-state index contributed by atoms with van der Waals surface area (Å²) in [6, 6.07) is -3.82. The van der Waals surface area contributed by atoms with Crippen LogP contribution >= 0.6 is 22.7 Å². The number of furan rings is 1. The molecule has 6 heteroatoms. The van der Waals surface area contributed by atoms with Crippen LogP contribution in [0.2, 0.25) is 0 Å². The van der Waals surface area contributed by atoms with E-state index in [1.807, 2.05) is 0 Å². The van der Waals surface area contributed by atoms with Gasteiger partial charge in [-0.2, -0.15) is 0 Å². The molecule has 5 aromatic heterocycles. The standard InChI is InChI=1S/C46H25N3OS2/c1-4-16-36-34(13-1)41-37(21-20-33-31-12-3-6-18-40(31)52-46(33)41)49(36)28-19-22-38-35(24-28)43-44(50-38)42(47-25-48-43)27-10-7-9-26(23-27)29-14-8-15-32-30-11-2-5-17-39(30)51-45(29)32/h1-25H/i1D,2D,3D,4D,5D,6D,8D,9D,10D,11D,12D,13D,14D,15D,16D,17D,18D,20D,21D,23D. The lowest BCUT2D eigenvalue weighted by Crippen LogP contribution is -1.93. The number of fused-ring (bicyclic) bond motifs is 13. The summed E-state index contributed by atoms with van der Waals surface area (Å²) in [5.74, 6) is 0. The van der Waals surface area contributed by atoms with Gasteiger partial charge in [-0.1, -0.05) is 96.7 Å². The zero-order valence-electron chi connectivity index (χ0n) is 46.0. The van der Waals surface area contributed by atoms with E-state index in [0.29, 0.717) is 5.39 Å². The molecule has 0 aliphatic carbocycles. The van der Waals surface area contributed by atoms with Crippen molar-refractivity contribution in [3.63, 3.8) is 0 Å². The summed E-state index contributed by atoms with van der Waals surface area (Å²) >= 11 is 1.76. The number of aromatic nitrogens is 3. The van der Waals surface area contributed by atoms with E-state index < -0.39 is 109 Å². The molecule has 12 rings (SSSR count). The lowest BCUT2D eigenvalue weighted by Gasteiger charge is -2.08. The SMILES string of the molecule is [2H]c1cc([2H])c(-c2c([2H])c([2H])c([2H])c3c2sc2c([2H])c([2H])c([2H])c([2H])c23)c([2H])c1-c1ncnc2c1oc1ccc(-n3c4c([2H])c([2H])c([2H])c([2H])c4c4c5sc6c([2H])c([2H])c([2H])c([2H])c6c5c([2H])c([2H])c43)cc12. The van der Waals surface area contributed by atoms with Gasteiger partial charge in [0, 0.05) is 67.8 Å². The Hall–Kier alpha value is -6.34. The summed E-state index contributed by atoms with van der Waals surface area (Å²) < 4.78 is 185. The number of hydrogen-bond acceptors (Lipinski definition) is 5. The van der Waals surface area contributed by atoms with Gasteiger partial charge in [-0.05, 0) is 59.5 Å². The monoisotopic (exact) mass is 719 g/mol. The smallest absolute Gasteiger partial charge is 0.180 e. The largest absolute Gasteiger partial charge is 0.452 e. The van der Waals surface area contributed by atoms with E-state index in [1.54, 1.807) is 12.1 Å². The maximum atomic E-state index is 9.62. The number of nitrogens with zero attached hydrogens (tertiary/aromatic N) is 3. The Morgan fingerprint density at radius 2 is 1.33 bits per heavy atom. The Morgan fingerprint density at radius 1 is 0.596 bits per heavy atom. The van der Waals surface area contributed by atoms with E-state index in [4.69, 9.17) is 26.3 Å². The van der Waals surface area contributed by atoms with Gasteiger partial charge in [0.2, 0.25) is 0 Å². The van der Waals surface area contributed by atoms with Crippen LogP contribution in [0, 0.1) is 0 Å². The molecule has 52 heavy (non-hydrogen) atoms. The van der Waals surface area contributed by atoms with Gasteiger partial charge >= 0.3 is 0 Å². The van der Waals surface area contributed by atoms with Crippen molar-refractivity contribution in [2.24, 2.45) is 0 Å². The highest BCUT2D eigenvalue weighted by atomic mass is 32.1. The van der Waals surface area contributed by atoms with Gasteiger partial charge < -0.3 is 8.98 Å². The highest BCUT2D eigenvalue weighted by Crippen LogP contribution is 2.45. The lowest BCUT2D eigenvalue weighted by atomic mass is 9.99. The predicted molar refractivity (Wildman–Crippen MR) is 220 cm³/mol. The van der Waals surface area contributed by atoms with E-state index >= 15 is 0 Å². The van der Waals surface area contributed by atoms with Gasteiger partial charge in [-0.25, -0.2) is 9.97 Å². The summed E-state index contributed by atoms with van der Waals surface area (Å²) in [5, 5.41) is 0.369. The molecule has 0 aliphatic heterocycles. The highest BCUT2D eigenvalue weighted by molar-refractivity contribution is 7.27. The minimum absolute atomic E-state index is 0.00607. The van der Waals surface area contributed by atoms with Crippen LogP contribution in [0.15, 0.2) is 156 Å². The first-order chi connectivity index (χ1) is 34.1. The molecular formula is C46H25N3OS2. The van der Waals surface area contributed by atoms with Crippen molar-refractivity contribution in [2.45, 2.75) is 0 Å². The van der Waals surface area contributed by atoms with Crippen LogP contribution in [0.25, 0.3) is 112 Å². The molecule has 242 valence electrons. The van der Waals surface area contributed by atoms with E-state index in [2.05, 4.69) is 9.97 Å². The molecule has 0 saturated carbocycles. The Labute approximate surface area is 332 Å². The van der Waals surface area contributed by atoms with Crippen molar-refractivity contribution in [1.82, 2.24) is 14.5 Å². The fourth-order valence-electron chi connectivity index (χ4n) is 6.86. The maximum Gasteiger partial charge on any atom is 0.180 e. The molecule has 0 fully saturated rings. The zero-order valence-corrected chi connectivity index (χ0v) is 27.6. The fourth-order valence-corrected chi connectivity index (χ4v) is 9.05. The third-order valence-corrected chi connectivity index (χ3v) is 11.3. The van der Waals surface area contributed by atoms with Gasteiger partial charge in [0.25, 0.3) is 0 Å². The number of thiophene rings is 2. The molecule has 0 bridgehead atoms. The molecule has 7 aromatic carbocycles. The molecule has 0 saturated heterocycles. The molecule has 0 spiro atoms. The van der Waals surface area contributed by atoms with Crippen LogP contribution in [-0.4, -0.2) is 14.5 Å². The summed E-state index contributed by atoms with van der Waals surface area (Å²) in [5.41, 5.74) is -0.219. The van der Waals surface area contributed by atoms with Gasteiger partial charge in [-0.3, -0.25) is 0 Å². The van der Waals surface area contributed by atoms with E-state index in [-0.39, 0.29) is 119 Å². The van der Waals surface area contributed by atoms with E-state index in [0.717, 1.165) is 35.1 Å². The van der Waals surface area contributed by atoms with E-state index in [1.165, 1.54) is 10.6 Å². The summed E-state index contributed by atoms with van der Waals surface area (Å²) in [7, 11) is 0. The van der Waals surface area contributed by atoms with Crippen LogP contribution in [0.3, 0.4) is 0 Å². The molecule has 5 heterocycles. The quantitative estimate of drug-likeness (QED) is 0.183. The minimum Gasteiger partial charge on any atom is -0.452 e. The Bertz CT molecular complexity index is 4600. The van der Waals surface area contributed by atoms with Gasteiger partial charge in [0.05, 0.1) is 38.4 Å². The van der Waals surface area contributed by atoms with Crippen LogP contribution in [0.4, 0.5) is 0 Å². The number of hydrogen-bond donors (Lipinski definition) is 0. The topological polar surface area (TPSA) is 43.9 Å². The van der Waals surface area contributed by atoms with Gasteiger partial charge in [0.1, 0.15) is 23.1 Å². The number of benzene rings is 7. The van der Waals surface area contributed by atoms with Crippen molar-refractivity contribution < 1.29 is 31.8 Å². The van der Waals surface area contributed by atoms with E-state index in [9.17, 15) is 5.48 Å². The molecule has 0 aliphatic rings. The fraction of sp³-hybridized carbons (Fsp3) is 0. The summed E-state index contributed by atoms with van der Waals surface area (Å²) in [4.78, 5) is 8.95. The summed E-state index contributed by atoms with van der Waals surface area (Å²) in [6.07, 6.45) is 1.15. The Balaban J connectivity index is 1.13. The third-order valence-electron chi connectivity index (χ3n) is 9.07. The van der Waals surface area contributed by atoms with Crippen LogP contribution < -0.4 is 0 Å².